The SMILES string of the molecule is CCNC(=NCCCC(=O)OC1CCCC1)NC1CCCN(c2cnn(C)c2)C1. The standard InChI is InChI=1S/C21H36N6O2/c1-3-22-21(23-12-6-11-20(28)29-19-9-4-5-10-19)25-17-8-7-13-27(15-17)18-14-24-26(2)16-18/h14,16-17,19H,3-13,15H2,1-2H3,(H2,22,23,25). The highest BCUT2D eigenvalue weighted by Gasteiger charge is 2.22. The third kappa shape index (κ3) is 6.94. The zero-order valence-corrected chi connectivity index (χ0v) is 17.9. The van der Waals surface area contributed by atoms with E-state index < -0.39 is 0 Å². The van der Waals surface area contributed by atoms with Crippen LogP contribution < -0.4 is 15.5 Å². The maximum Gasteiger partial charge on any atom is 0.306 e. The normalized spacial score (nSPS) is 20.7. The summed E-state index contributed by atoms with van der Waals surface area (Å²) in [6.07, 6.45) is 12.0. The number of carbonyl (C=O) groups excluding carboxylic acids is 1. The Kier molecular flexibility index (Phi) is 8.19. The van der Waals surface area contributed by atoms with Crippen LogP contribution >= 0.6 is 0 Å². The van der Waals surface area contributed by atoms with Crippen molar-refractivity contribution in [2.75, 3.05) is 31.1 Å². The summed E-state index contributed by atoms with van der Waals surface area (Å²) < 4.78 is 7.35. The van der Waals surface area contributed by atoms with Gasteiger partial charge in [0.25, 0.3) is 0 Å². The van der Waals surface area contributed by atoms with Crippen molar-refractivity contribution in [2.24, 2.45) is 12.0 Å². The second-order valence-electron chi connectivity index (χ2n) is 8.06. The van der Waals surface area contributed by atoms with E-state index in [0.717, 1.165) is 51.3 Å². The lowest BCUT2D eigenvalue weighted by Crippen LogP contribution is -2.51. The summed E-state index contributed by atoms with van der Waals surface area (Å²) in [4.78, 5) is 19.0. The Morgan fingerprint density at radius 2 is 2.14 bits per heavy atom. The largest absolute Gasteiger partial charge is 0.462 e. The molecule has 0 spiro atoms. The van der Waals surface area contributed by atoms with E-state index in [1.54, 1.807) is 0 Å². The molecule has 1 atom stereocenters. The number of rotatable bonds is 8. The van der Waals surface area contributed by atoms with Crippen molar-refractivity contribution in [3.8, 4) is 0 Å². The van der Waals surface area contributed by atoms with Gasteiger partial charge in [-0.3, -0.25) is 14.5 Å². The molecular formula is C21H36N6O2. The van der Waals surface area contributed by atoms with Gasteiger partial charge in [-0.2, -0.15) is 5.10 Å². The molecule has 0 radical (unpaired) electrons. The van der Waals surface area contributed by atoms with Crippen LogP contribution in [0, 0.1) is 0 Å². The third-order valence-electron chi connectivity index (χ3n) is 5.57. The summed E-state index contributed by atoms with van der Waals surface area (Å²) in [5.41, 5.74) is 1.17. The van der Waals surface area contributed by atoms with Gasteiger partial charge in [-0.25, -0.2) is 0 Å². The smallest absolute Gasteiger partial charge is 0.306 e. The van der Waals surface area contributed by atoms with Crippen LogP contribution in [0.5, 0.6) is 0 Å². The van der Waals surface area contributed by atoms with Gasteiger partial charge in [-0.15, -0.1) is 0 Å². The van der Waals surface area contributed by atoms with E-state index in [1.165, 1.54) is 18.5 Å². The molecule has 0 amide bonds. The zero-order valence-electron chi connectivity index (χ0n) is 17.9. The van der Waals surface area contributed by atoms with Gasteiger partial charge in [0, 0.05) is 51.9 Å². The quantitative estimate of drug-likeness (QED) is 0.299. The van der Waals surface area contributed by atoms with Crippen molar-refractivity contribution < 1.29 is 9.53 Å². The number of aromatic nitrogens is 2. The van der Waals surface area contributed by atoms with Crippen LogP contribution in [0.2, 0.25) is 0 Å². The van der Waals surface area contributed by atoms with E-state index in [0.29, 0.717) is 25.4 Å². The number of anilines is 1. The topological polar surface area (TPSA) is 83.8 Å². The van der Waals surface area contributed by atoms with Crippen LogP contribution in [0.4, 0.5) is 5.69 Å². The molecule has 0 bridgehead atoms. The highest BCUT2D eigenvalue weighted by atomic mass is 16.5. The lowest BCUT2D eigenvalue weighted by atomic mass is 10.1. The van der Waals surface area contributed by atoms with Crippen LogP contribution in [0.1, 0.15) is 58.3 Å². The number of aliphatic imine (C=N–C) groups is 1. The number of aryl methyl sites for hydroxylation is 1. The van der Waals surface area contributed by atoms with Gasteiger partial charge in [-0.05, 0) is 51.9 Å². The fraction of sp³-hybridized carbons (Fsp3) is 0.762. The van der Waals surface area contributed by atoms with Gasteiger partial charge in [-0.1, -0.05) is 0 Å². The van der Waals surface area contributed by atoms with Gasteiger partial charge in [0.15, 0.2) is 5.96 Å². The predicted octanol–water partition coefficient (Wildman–Crippen LogP) is 2.21. The molecule has 1 saturated carbocycles. The lowest BCUT2D eigenvalue weighted by Gasteiger charge is -2.34. The van der Waals surface area contributed by atoms with Crippen molar-refractivity contribution in [1.82, 2.24) is 20.4 Å². The van der Waals surface area contributed by atoms with Crippen molar-refractivity contribution in [3.63, 3.8) is 0 Å². The number of nitrogens with zero attached hydrogens (tertiary/aromatic N) is 4. The molecule has 1 unspecified atom stereocenters. The molecule has 8 nitrogen and oxygen atoms in total. The predicted molar refractivity (Wildman–Crippen MR) is 115 cm³/mol. The van der Waals surface area contributed by atoms with E-state index in [-0.39, 0.29) is 12.1 Å². The molecule has 1 aromatic rings. The molecule has 2 N–H and O–H groups in total. The lowest BCUT2D eigenvalue weighted by molar-refractivity contribution is -0.148. The fourth-order valence-corrected chi connectivity index (χ4v) is 4.08. The first-order chi connectivity index (χ1) is 14.1. The molecule has 1 aliphatic heterocycles. The summed E-state index contributed by atoms with van der Waals surface area (Å²) >= 11 is 0. The molecule has 0 aromatic carbocycles. The minimum Gasteiger partial charge on any atom is -0.462 e. The van der Waals surface area contributed by atoms with Gasteiger partial charge in [0.1, 0.15) is 6.10 Å². The summed E-state index contributed by atoms with van der Waals surface area (Å²) in [6, 6.07) is 0.342. The first-order valence-corrected chi connectivity index (χ1v) is 11.1. The Hall–Kier alpha value is -2.25. The highest BCUT2D eigenvalue weighted by Crippen LogP contribution is 2.21. The number of hydrogen-bond acceptors (Lipinski definition) is 5. The van der Waals surface area contributed by atoms with Crippen LogP contribution in [0.3, 0.4) is 0 Å². The molecule has 1 aliphatic carbocycles. The Labute approximate surface area is 174 Å². The number of ether oxygens (including phenoxy) is 1. The van der Waals surface area contributed by atoms with Crippen LogP contribution in [-0.4, -0.2) is 60.0 Å². The molecule has 2 heterocycles. The van der Waals surface area contributed by atoms with Crippen molar-refractivity contribution >= 4 is 17.6 Å². The Morgan fingerprint density at radius 1 is 1.31 bits per heavy atom. The minimum absolute atomic E-state index is 0.0792. The van der Waals surface area contributed by atoms with E-state index in [9.17, 15) is 4.79 Å². The third-order valence-corrected chi connectivity index (χ3v) is 5.57. The Morgan fingerprint density at radius 3 is 2.86 bits per heavy atom. The van der Waals surface area contributed by atoms with Gasteiger partial charge in [0.05, 0.1) is 11.9 Å². The second kappa shape index (κ2) is 11.1. The summed E-state index contributed by atoms with van der Waals surface area (Å²) in [6.45, 7) is 5.49. The van der Waals surface area contributed by atoms with E-state index in [2.05, 4.69) is 38.7 Å². The van der Waals surface area contributed by atoms with E-state index in [1.807, 2.05) is 17.9 Å². The number of piperidine rings is 1. The molecule has 2 aliphatic rings. The van der Waals surface area contributed by atoms with Gasteiger partial charge >= 0.3 is 5.97 Å². The monoisotopic (exact) mass is 404 g/mol. The van der Waals surface area contributed by atoms with E-state index in [4.69, 9.17) is 4.74 Å². The number of carbonyl (C=O) groups is 1. The number of nitrogens with one attached hydrogen (secondary N) is 2. The first kappa shape index (κ1) is 21.5. The van der Waals surface area contributed by atoms with Crippen LogP contribution in [0.25, 0.3) is 0 Å². The molecule has 1 saturated heterocycles. The molecule has 3 rings (SSSR count). The van der Waals surface area contributed by atoms with Crippen molar-refractivity contribution in [1.29, 1.82) is 0 Å². The van der Waals surface area contributed by atoms with Crippen LogP contribution in [-0.2, 0) is 16.6 Å². The average Bonchev–Trinajstić information content (AvgIpc) is 3.37. The maximum absolute atomic E-state index is 11.9. The van der Waals surface area contributed by atoms with Crippen molar-refractivity contribution in [3.05, 3.63) is 12.4 Å². The molecule has 162 valence electrons. The summed E-state index contributed by atoms with van der Waals surface area (Å²) in [5, 5.41) is 11.2. The van der Waals surface area contributed by atoms with Crippen molar-refractivity contribution in [2.45, 2.75) is 70.4 Å². The molecule has 29 heavy (non-hydrogen) atoms. The molecular weight excluding hydrogens is 368 g/mol. The Bertz CT molecular complexity index is 668. The van der Waals surface area contributed by atoms with Gasteiger partial charge in [0.2, 0.25) is 0 Å². The maximum atomic E-state index is 11.9. The average molecular weight is 405 g/mol. The minimum atomic E-state index is -0.0792. The molecule has 1 aromatic heterocycles. The summed E-state index contributed by atoms with van der Waals surface area (Å²) in [7, 11) is 1.95. The molecule has 8 heteroatoms. The second-order valence-corrected chi connectivity index (χ2v) is 8.06. The number of hydrogen-bond donors (Lipinski definition) is 2. The molecule has 2 fully saturated rings. The first-order valence-electron chi connectivity index (χ1n) is 11.1. The number of guanidine groups is 1. The van der Waals surface area contributed by atoms with Gasteiger partial charge < -0.3 is 20.3 Å². The fourth-order valence-electron chi connectivity index (χ4n) is 4.08. The summed E-state index contributed by atoms with van der Waals surface area (Å²) in [5.74, 6) is 0.749. The number of esters is 1. The van der Waals surface area contributed by atoms with Crippen LogP contribution in [0.15, 0.2) is 17.4 Å². The highest BCUT2D eigenvalue weighted by molar-refractivity contribution is 5.80. The Balaban J connectivity index is 1.42. The van der Waals surface area contributed by atoms with E-state index >= 15 is 0 Å². The zero-order chi connectivity index (χ0) is 20.5.